The molecular formula is C84H46Br2Cl2. The molecule has 0 amide bonds. The van der Waals surface area contributed by atoms with Gasteiger partial charge in [-0.25, -0.2) is 0 Å². The van der Waals surface area contributed by atoms with Crippen LogP contribution in [0.5, 0.6) is 0 Å². The van der Waals surface area contributed by atoms with Crippen molar-refractivity contribution in [3.8, 4) is 100 Å². The van der Waals surface area contributed by atoms with Gasteiger partial charge in [0.2, 0.25) is 0 Å². The van der Waals surface area contributed by atoms with Crippen LogP contribution in [0.3, 0.4) is 0 Å². The zero-order chi connectivity index (χ0) is 58.5. The molecule has 0 atom stereocenters. The normalized spacial score (nSPS) is 12.1. The van der Waals surface area contributed by atoms with E-state index in [2.05, 4.69) is 311 Å². The molecular weight excluding hydrogens is 1240 g/mol. The molecule has 19 rings (SSSR count). The lowest BCUT2D eigenvalue weighted by Crippen LogP contribution is -1.94. The highest BCUT2D eigenvalue weighted by molar-refractivity contribution is 9.11. The van der Waals surface area contributed by atoms with E-state index in [1.165, 1.54) is 176 Å². The predicted molar refractivity (Wildman–Crippen MR) is 386 cm³/mol. The van der Waals surface area contributed by atoms with Gasteiger partial charge in [0.25, 0.3) is 0 Å². The van der Waals surface area contributed by atoms with Crippen LogP contribution >= 0.6 is 55.1 Å². The maximum Gasteiger partial charge on any atom is 0.0554 e. The smallest absolute Gasteiger partial charge is 0.0554 e. The first-order valence-electron chi connectivity index (χ1n) is 29.7. The summed E-state index contributed by atoms with van der Waals surface area (Å²) in [6.07, 6.45) is 0. The molecule has 2 aliphatic carbocycles. The van der Waals surface area contributed by atoms with Crippen molar-refractivity contribution < 1.29 is 0 Å². The van der Waals surface area contributed by atoms with Crippen LogP contribution < -0.4 is 0 Å². The molecule has 0 saturated heterocycles. The summed E-state index contributed by atoms with van der Waals surface area (Å²) >= 11 is 21.3. The summed E-state index contributed by atoms with van der Waals surface area (Å²) in [7, 11) is 0. The Bertz CT molecular complexity index is 5540. The van der Waals surface area contributed by atoms with Crippen LogP contribution in [0.2, 0.25) is 10.0 Å². The Morgan fingerprint density at radius 1 is 0.193 bits per heavy atom. The van der Waals surface area contributed by atoms with Crippen molar-refractivity contribution >= 4 is 141 Å². The number of halogens is 4. The van der Waals surface area contributed by atoms with Gasteiger partial charge >= 0.3 is 0 Å². The maximum absolute atomic E-state index is 6.87. The summed E-state index contributed by atoms with van der Waals surface area (Å²) in [5, 5.41) is 21.8. The lowest BCUT2D eigenvalue weighted by atomic mass is 9.82. The van der Waals surface area contributed by atoms with E-state index in [0.29, 0.717) is 10.0 Å². The van der Waals surface area contributed by atoms with Crippen molar-refractivity contribution in [1.29, 1.82) is 0 Å². The minimum atomic E-state index is 0.709. The van der Waals surface area contributed by atoms with Gasteiger partial charge in [-0.2, -0.15) is 0 Å². The number of hydrogen-bond acceptors (Lipinski definition) is 0. The van der Waals surface area contributed by atoms with Gasteiger partial charge in [0.15, 0.2) is 0 Å². The molecule has 0 aliphatic heterocycles. The fourth-order valence-corrected chi connectivity index (χ4v) is 16.3. The minimum Gasteiger partial charge on any atom is -0.0831 e. The fourth-order valence-electron chi connectivity index (χ4n) is 15.3. The number of fused-ring (bicyclic) bond motifs is 11. The van der Waals surface area contributed by atoms with E-state index in [0.717, 1.165) is 19.7 Å². The predicted octanol–water partition coefficient (Wildman–Crippen LogP) is 26.5. The van der Waals surface area contributed by atoms with Crippen LogP contribution in [0.4, 0.5) is 0 Å². The Labute approximate surface area is 535 Å². The Morgan fingerprint density at radius 3 is 1.01 bits per heavy atom. The molecule has 17 aromatic carbocycles. The van der Waals surface area contributed by atoms with Gasteiger partial charge in [0, 0.05) is 8.95 Å². The second kappa shape index (κ2) is 20.1. The Morgan fingerprint density at radius 2 is 0.511 bits per heavy atom. The van der Waals surface area contributed by atoms with E-state index in [1.807, 2.05) is 0 Å². The molecule has 0 N–H and O–H groups in total. The average Bonchev–Trinajstić information content (AvgIpc) is 1.51. The molecule has 0 nitrogen and oxygen atoms in total. The standard InChI is InChI=1S/C42H22BrCl.C42H24BrCl/c43-34-21-32-33(22-35(34)44)38(25-11-5-2-6-12-25)42-31-20-18-29-27-16-8-14-23-13-7-15-26(36(23)27)28-17-19-30(40(31)39(28)29)41(42)37(32)24-9-3-1-4-10-24;43-36-23-34-35(24-37(36)44)39(27-14-5-2-6-15-27)41-32-20-10-19-31-30(29-18-9-16-25-11-7-8-17-28(25)29)21-22-33(40(31)32)42(41)38(34)26-12-3-1-4-13-26/h1-22H;1-24H. The summed E-state index contributed by atoms with van der Waals surface area (Å²) in [4.78, 5) is 0. The highest BCUT2D eigenvalue weighted by Crippen LogP contribution is 2.62. The molecule has 4 heteroatoms. The molecule has 0 fully saturated rings. The maximum atomic E-state index is 6.87. The first kappa shape index (κ1) is 51.8. The molecule has 410 valence electrons. The number of hydrogen-bond donors (Lipinski definition) is 0. The molecule has 0 saturated carbocycles. The van der Waals surface area contributed by atoms with Crippen molar-refractivity contribution in [3.63, 3.8) is 0 Å². The first-order valence-corrected chi connectivity index (χ1v) is 32.1. The molecule has 88 heavy (non-hydrogen) atoms. The molecule has 0 bridgehead atoms. The van der Waals surface area contributed by atoms with Crippen molar-refractivity contribution in [2.24, 2.45) is 0 Å². The third-order valence-electron chi connectivity index (χ3n) is 18.8. The number of benzene rings is 17. The topological polar surface area (TPSA) is 0 Å². The summed E-state index contributed by atoms with van der Waals surface area (Å²) in [5.74, 6) is 0. The molecule has 2 aliphatic rings. The Balaban J connectivity index is 0.000000132. The van der Waals surface area contributed by atoms with Crippen LogP contribution in [0, 0.1) is 0 Å². The molecule has 0 unspecified atom stereocenters. The zero-order valence-electron chi connectivity index (χ0n) is 47.1. The summed E-state index contributed by atoms with van der Waals surface area (Å²) in [5.41, 5.74) is 22.5. The van der Waals surface area contributed by atoms with Gasteiger partial charge in [-0.15, -0.1) is 0 Å². The van der Waals surface area contributed by atoms with E-state index < -0.39 is 0 Å². The van der Waals surface area contributed by atoms with E-state index in [1.54, 1.807) is 0 Å². The monoisotopic (exact) mass is 1280 g/mol. The fraction of sp³-hybridized carbons (Fsp3) is 0. The highest BCUT2D eigenvalue weighted by atomic mass is 79.9. The van der Waals surface area contributed by atoms with Crippen LogP contribution in [0.15, 0.2) is 288 Å². The van der Waals surface area contributed by atoms with Crippen LogP contribution in [-0.2, 0) is 0 Å². The molecule has 0 radical (unpaired) electrons. The minimum absolute atomic E-state index is 0.709. The summed E-state index contributed by atoms with van der Waals surface area (Å²) in [6, 6.07) is 102. The van der Waals surface area contributed by atoms with Crippen molar-refractivity contribution in [1.82, 2.24) is 0 Å². The highest BCUT2D eigenvalue weighted by Gasteiger charge is 2.34. The zero-order valence-corrected chi connectivity index (χ0v) is 51.8. The average molecular weight is 1290 g/mol. The molecule has 0 aromatic heterocycles. The van der Waals surface area contributed by atoms with Crippen molar-refractivity contribution in [2.45, 2.75) is 0 Å². The lowest BCUT2D eigenvalue weighted by Gasteiger charge is -2.21. The summed E-state index contributed by atoms with van der Waals surface area (Å²) in [6.45, 7) is 0. The van der Waals surface area contributed by atoms with E-state index >= 15 is 0 Å². The largest absolute Gasteiger partial charge is 0.0831 e. The molecule has 17 aromatic rings. The van der Waals surface area contributed by atoms with Gasteiger partial charge in [-0.05, 0) is 242 Å². The quantitative estimate of drug-likeness (QED) is 0.119. The Kier molecular flexibility index (Phi) is 11.8. The second-order valence-corrected chi connectivity index (χ2v) is 25.8. The van der Waals surface area contributed by atoms with Gasteiger partial charge in [0.05, 0.1) is 10.0 Å². The van der Waals surface area contributed by atoms with E-state index in [9.17, 15) is 0 Å². The first-order chi connectivity index (χ1) is 43.4. The van der Waals surface area contributed by atoms with Gasteiger partial charge in [-0.3, -0.25) is 0 Å². The van der Waals surface area contributed by atoms with Crippen LogP contribution in [0.1, 0.15) is 0 Å². The van der Waals surface area contributed by atoms with Gasteiger partial charge in [0.1, 0.15) is 0 Å². The number of rotatable bonds is 5. The third-order valence-corrected chi connectivity index (χ3v) is 21.2. The molecule has 0 spiro atoms. The van der Waals surface area contributed by atoms with Crippen LogP contribution in [0.25, 0.3) is 186 Å². The molecule has 0 heterocycles. The van der Waals surface area contributed by atoms with Gasteiger partial charge in [-0.1, -0.05) is 278 Å². The Hall–Kier alpha value is -9.38. The lowest BCUT2D eigenvalue weighted by molar-refractivity contribution is 1.61. The summed E-state index contributed by atoms with van der Waals surface area (Å²) < 4.78 is 1.80. The van der Waals surface area contributed by atoms with E-state index in [-0.39, 0.29) is 0 Å². The SMILES string of the molecule is Clc1cc2c(-c3ccccc3)c3c(c(-c4ccccc4)c2cc1Br)-c1ccc(-c2cccc4ccccc24)c2cccc-3c12.Clc1cc2c(-c3ccccc3)c3c(c(-c4ccccc4)c2cc1Br)-c1ccc2c4cccc5cccc(c6ccc-3c1c62)c54. The van der Waals surface area contributed by atoms with Gasteiger partial charge < -0.3 is 0 Å². The second-order valence-electron chi connectivity index (χ2n) is 23.3. The van der Waals surface area contributed by atoms with Crippen molar-refractivity contribution in [2.75, 3.05) is 0 Å². The van der Waals surface area contributed by atoms with E-state index in [4.69, 9.17) is 23.2 Å². The van der Waals surface area contributed by atoms with Crippen LogP contribution in [-0.4, -0.2) is 0 Å². The third kappa shape index (κ3) is 7.57. The van der Waals surface area contributed by atoms with Crippen molar-refractivity contribution in [3.05, 3.63) is 298 Å².